The number of nitrogens with two attached hydrogens (primary N) is 1. The molecule has 0 atom stereocenters. The van der Waals surface area contributed by atoms with Crippen molar-refractivity contribution < 1.29 is 4.42 Å². The highest BCUT2D eigenvalue weighted by molar-refractivity contribution is 5.58. The molecule has 0 amide bonds. The molecule has 0 bridgehead atoms. The van der Waals surface area contributed by atoms with Gasteiger partial charge in [0, 0.05) is 24.7 Å². The molecule has 136 valence electrons. The Hall–Kier alpha value is -2.86. The zero-order valence-corrected chi connectivity index (χ0v) is 14.9. The molecule has 3 N–H and O–H groups in total. The van der Waals surface area contributed by atoms with Crippen molar-refractivity contribution >= 4 is 5.95 Å². The number of anilines is 1. The minimum Gasteiger partial charge on any atom is -0.464 e. The summed E-state index contributed by atoms with van der Waals surface area (Å²) in [5.41, 5.74) is 8.79. The Labute approximate surface area is 152 Å². The first kappa shape index (κ1) is 17.9. The highest BCUT2D eigenvalue weighted by Gasteiger charge is 2.07. The van der Waals surface area contributed by atoms with Crippen LogP contribution in [-0.4, -0.2) is 22.6 Å². The minimum atomic E-state index is -0.102. The number of likely N-dealkylation sites (N-methyl/N-ethyl adjacent to an activating group) is 1. The molecule has 0 saturated heterocycles. The maximum absolute atomic E-state index is 12.3. The number of nitrogens with one attached hydrogen (secondary N) is 1. The van der Waals surface area contributed by atoms with Crippen LogP contribution in [-0.2, 0) is 19.4 Å². The monoisotopic (exact) mass is 352 g/mol. The van der Waals surface area contributed by atoms with E-state index in [9.17, 15) is 4.79 Å². The lowest BCUT2D eigenvalue weighted by Gasteiger charge is -2.10. The first-order valence-electron chi connectivity index (χ1n) is 8.87. The van der Waals surface area contributed by atoms with Crippen LogP contribution >= 0.6 is 0 Å². The van der Waals surface area contributed by atoms with Crippen LogP contribution in [0.3, 0.4) is 0 Å². The van der Waals surface area contributed by atoms with Crippen LogP contribution in [0.2, 0.25) is 0 Å². The summed E-state index contributed by atoms with van der Waals surface area (Å²) >= 11 is 0. The van der Waals surface area contributed by atoms with Crippen LogP contribution in [0.4, 0.5) is 5.95 Å². The number of benzene rings is 1. The van der Waals surface area contributed by atoms with Crippen LogP contribution in [0.25, 0.3) is 11.3 Å². The third kappa shape index (κ3) is 4.40. The Kier molecular flexibility index (Phi) is 5.86. The number of aryl methyl sites for hydroxylation is 2. The SMILES string of the molecule is CCNCCn1c(N)nc(CCc2cccc(-c3ccco3)c2)cc1=O. The van der Waals surface area contributed by atoms with Gasteiger partial charge in [0.2, 0.25) is 5.95 Å². The van der Waals surface area contributed by atoms with Gasteiger partial charge in [-0.25, -0.2) is 4.98 Å². The maximum Gasteiger partial charge on any atom is 0.255 e. The van der Waals surface area contributed by atoms with Crippen molar-refractivity contribution in [2.75, 3.05) is 18.8 Å². The number of rotatable bonds is 8. The number of hydrogen-bond acceptors (Lipinski definition) is 5. The molecule has 0 radical (unpaired) electrons. The molecule has 6 nitrogen and oxygen atoms in total. The highest BCUT2D eigenvalue weighted by atomic mass is 16.3. The van der Waals surface area contributed by atoms with Crippen molar-refractivity contribution in [1.82, 2.24) is 14.9 Å². The van der Waals surface area contributed by atoms with Gasteiger partial charge in [-0.15, -0.1) is 0 Å². The lowest BCUT2D eigenvalue weighted by Crippen LogP contribution is -2.29. The van der Waals surface area contributed by atoms with Crippen molar-refractivity contribution in [2.45, 2.75) is 26.3 Å². The lowest BCUT2D eigenvalue weighted by atomic mass is 10.0. The average Bonchev–Trinajstić information content (AvgIpc) is 3.17. The summed E-state index contributed by atoms with van der Waals surface area (Å²) < 4.78 is 6.95. The average molecular weight is 352 g/mol. The van der Waals surface area contributed by atoms with Crippen molar-refractivity contribution in [1.29, 1.82) is 0 Å². The number of nitrogens with zero attached hydrogens (tertiary/aromatic N) is 2. The quantitative estimate of drug-likeness (QED) is 0.608. The van der Waals surface area contributed by atoms with Gasteiger partial charge in [-0.05, 0) is 43.1 Å². The molecular weight excluding hydrogens is 328 g/mol. The zero-order valence-electron chi connectivity index (χ0n) is 14.9. The van der Waals surface area contributed by atoms with Crippen LogP contribution in [0.5, 0.6) is 0 Å². The van der Waals surface area contributed by atoms with Gasteiger partial charge in [0.1, 0.15) is 5.76 Å². The van der Waals surface area contributed by atoms with Crippen molar-refractivity contribution in [3.8, 4) is 11.3 Å². The van der Waals surface area contributed by atoms with Crippen molar-refractivity contribution in [2.24, 2.45) is 0 Å². The topological polar surface area (TPSA) is 86.1 Å². The summed E-state index contributed by atoms with van der Waals surface area (Å²) in [4.78, 5) is 16.7. The standard InChI is InChI=1S/C20H24N4O2/c1-2-22-10-11-24-19(25)14-17(23-20(24)21)9-8-15-5-3-6-16(13-15)18-7-4-12-26-18/h3-7,12-14,22H,2,8-11H2,1H3,(H2,21,23). The maximum atomic E-state index is 12.3. The summed E-state index contributed by atoms with van der Waals surface area (Å²) in [6.45, 7) is 4.10. The first-order valence-corrected chi connectivity index (χ1v) is 8.87. The highest BCUT2D eigenvalue weighted by Crippen LogP contribution is 2.21. The van der Waals surface area contributed by atoms with E-state index in [-0.39, 0.29) is 11.5 Å². The summed E-state index contributed by atoms with van der Waals surface area (Å²) in [6, 6.07) is 13.6. The first-order chi connectivity index (χ1) is 12.7. The molecule has 0 saturated carbocycles. The second kappa shape index (κ2) is 8.49. The second-order valence-corrected chi connectivity index (χ2v) is 6.13. The fourth-order valence-corrected chi connectivity index (χ4v) is 2.89. The van der Waals surface area contributed by atoms with E-state index in [0.29, 0.717) is 19.5 Å². The number of hydrogen-bond donors (Lipinski definition) is 2. The molecule has 0 aliphatic rings. The van der Waals surface area contributed by atoms with E-state index >= 15 is 0 Å². The Morgan fingerprint density at radius 3 is 2.81 bits per heavy atom. The molecule has 3 rings (SSSR count). The molecule has 0 aliphatic carbocycles. The lowest BCUT2D eigenvalue weighted by molar-refractivity contribution is 0.582. The van der Waals surface area contributed by atoms with E-state index in [1.807, 2.05) is 31.2 Å². The minimum absolute atomic E-state index is 0.102. The van der Waals surface area contributed by atoms with Gasteiger partial charge in [0.25, 0.3) is 5.56 Å². The third-order valence-electron chi connectivity index (χ3n) is 4.26. The third-order valence-corrected chi connectivity index (χ3v) is 4.26. The van der Waals surface area contributed by atoms with E-state index in [1.54, 1.807) is 12.3 Å². The molecule has 0 fully saturated rings. The molecule has 0 spiro atoms. The summed E-state index contributed by atoms with van der Waals surface area (Å²) in [7, 11) is 0. The Morgan fingerprint density at radius 2 is 2.08 bits per heavy atom. The summed E-state index contributed by atoms with van der Waals surface area (Å²) in [5, 5.41) is 3.18. The Bertz CT molecular complexity index is 900. The van der Waals surface area contributed by atoms with E-state index in [0.717, 1.165) is 35.5 Å². The fourth-order valence-electron chi connectivity index (χ4n) is 2.89. The zero-order chi connectivity index (χ0) is 18.4. The Balaban J connectivity index is 1.68. The molecule has 2 aromatic heterocycles. The van der Waals surface area contributed by atoms with Crippen LogP contribution < -0.4 is 16.6 Å². The fraction of sp³-hybridized carbons (Fsp3) is 0.300. The van der Waals surface area contributed by atoms with Gasteiger partial charge in [-0.1, -0.05) is 25.1 Å². The molecule has 1 aromatic carbocycles. The van der Waals surface area contributed by atoms with Gasteiger partial charge < -0.3 is 15.5 Å². The van der Waals surface area contributed by atoms with Crippen LogP contribution in [0.1, 0.15) is 18.2 Å². The van der Waals surface area contributed by atoms with Gasteiger partial charge >= 0.3 is 0 Å². The second-order valence-electron chi connectivity index (χ2n) is 6.13. The predicted molar refractivity (Wildman–Crippen MR) is 103 cm³/mol. The van der Waals surface area contributed by atoms with E-state index in [2.05, 4.69) is 22.4 Å². The summed E-state index contributed by atoms with van der Waals surface area (Å²) in [5.74, 6) is 1.12. The molecule has 3 aromatic rings. The molecule has 2 heterocycles. The largest absolute Gasteiger partial charge is 0.464 e. The number of aromatic nitrogens is 2. The van der Waals surface area contributed by atoms with Gasteiger partial charge in [0.05, 0.1) is 12.0 Å². The number of nitrogen functional groups attached to an aromatic ring is 1. The van der Waals surface area contributed by atoms with Gasteiger partial charge in [0.15, 0.2) is 0 Å². The smallest absolute Gasteiger partial charge is 0.255 e. The summed E-state index contributed by atoms with van der Waals surface area (Å²) in [6.07, 6.45) is 3.11. The molecule has 6 heteroatoms. The van der Waals surface area contributed by atoms with Crippen molar-refractivity contribution in [3.05, 3.63) is 70.3 Å². The molecule has 0 unspecified atom stereocenters. The molecule has 26 heavy (non-hydrogen) atoms. The molecular formula is C20H24N4O2. The van der Waals surface area contributed by atoms with Gasteiger partial charge in [-0.3, -0.25) is 9.36 Å². The normalized spacial score (nSPS) is 11.0. The van der Waals surface area contributed by atoms with E-state index < -0.39 is 0 Å². The molecule has 0 aliphatic heterocycles. The van der Waals surface area contributed by atoms with Crippen LogP contribution in [0, 0.1) is 0 Å². The van der Waals surface area contributed by atoms with Crippen molar-refractivity contribution in [3.63, 3.8) is 0 Å². The van der Waals surface area contributed by atoms with E-state index in [1.165, 1.54) is 4.57 Å². The predicted octanol–water partition coefficient (Wildman–Crippen LogP) is 2.48. The van der Waals surface area contributed by atoms with E-state index in [4.69, 9.17) is 10.2 Å². The number of furan rings is 1. The van der Waals surface area contributed by atoms with Gasteiger partial charge in [-0.2, -0.15) is 0 Å². The Morgan fingerprint density at radius 1 is 1.19 bits per heavy atom. The van der Waals surface area contributed by atoms with Crippen LogP contribution in [0.15, 0.2) is 57.9 Å².